The van der Waals surface area contributed by atoms with E-state index in [1.165, 1.54) is 23.1 Å². The smallest absolute Gasteiger partial charge is 0.253 e. The highest BCUT2D eigenvalue weighted by Gasteiger charge is 2.25. The third kappa shape index (κ3) is 5.91. The van der Waals surface area contributed by atoms with Crippen LogP contribution >= 0.6 is 23.1 Å². The van der Waals surface area contributed by atoms with Crippen LogP contribution in [0.25, 0.3) is 0 Å². The maximum Gasteiger partial charge on any atom is 0.253 e. The number of aromatic nitrogens is 2. The van der Waals surface area contributed by atoms with Gasteiger partial charge in [0.25, 0.3) is 5.91 Å². The van der Waals surface area contributed by atoms with Crippen molar-refractivity contribution < 1.29 is 14.3 Å². The third-order valence-electron chi connectivity index (χ3n) is 4.60. The molecule has 1 aromatic carbocycles. The van der Waals surface area contributed by atoms with Gasteiger partial charge in [0.1, 0.15) is 0 Å². The Labute approximate surface area is 177 Å². The summed E-state index contributed by atoms with van der Waals surface area (Å²) in [6.07, 6.45) is 4.43. The molecule has 2 heterocycles. The van der Waals surface area contributed by atoms with Gasteiger partial charge in [0.05, 0.1) is 23.1 Å². The number of amides is 2. The number of carbonyl (C=O) groups is 2. The zero-order chi connectivity index (χ0) is 20.1. The third-order valence-corrected chi connectivity index (χ3v) is 6.61. The first-order valence-electron chi connectivity index (χ1n) is 9.69. The molecule has 1 saturated carbocycles. The number of hydrogen-bond acceptors (Lipinski definition) is 8. The number of nitrogens with one attached hydrogen (secondary N) is 3. The minimum Gasteiger partial charge on any atom is -0.376 e. The van der Waals surface area contributed by atoms with E-state index < -0.39 is 0 Å². The summed E-state index contributed by atoms with van der Waals surface area (Å²) in [4.78, 5) is 24.7. The van der Waals surface area contributed by atoms with Crippen molar-refractivity contribution in [3.05, 3.63) is 29.8 Å². The van der Waals surface area contributed by atoms with Crippen molar-refractivity contribution in [2.45, 2.75) is 42.2 Å². The molecule has 0 radical (unpaired) electrons. The summed E-state index contributed by atoms with van der Waals surface area (Å²) < 4.78 is 6.29. The Kier molecular flexibility index (Phi) is 6.63. The molecule has 8 nitrogen and oxygen atoms in total. The van der Waals surface area contributed by atoms with Gasteiger partial charge in [-0.1, -0.05) is 35.2 Å². The van der Waals surface area contributed by atoms with Crippen LogP contribution < -0.4 is 16.0 Å². The molecule has 2 amide bonds. The minimum absolute atomic E-state index is 0.151. The number of hydrogen-bond donors (Lipinski definition) is 3. The summed E-state index contributed by atoms with van der Waals surface area (Å²) in [6, 6.07) is 7.31. The second kappa shape index (κ2) is 9.55. The molecule has 0 spiro atoms. The summed E-state index contributed by atoms with van der Waals surface area (Å²) in [6.45, 7) is 1.55. The summed E-state index contributed by atoms with van der Waals surface area (Å²) in [5, 5.41) is 18.0. The first-order chi connectivity index (χ1) is 14.2. The average molecular weight is 434 g/mol. The van der Waals surface area contributed by atoms with Crippen molar-refractivity contribution in [2.75, 3.05) is 29.5 Å². The number of benzene rings is 1. The largest absolute Gasteiger partial charge is 0.376 e. The molecule has 1 atom stereocenters. The highest BCUT2D eigenvalue weighted by Crippen LogP contribution is 2.26. The Balaban J connectivity index is 1.25. The highest BCUT2D eigenvalue weighted by atomic mass is 32.2. The first kappa shape index (κ1) is 20.1. The normalized spacial score (nSPS) is 18.4. The van der Waals surface area contributed by atoms with E-state index in [9.17, 15) is 9.59 Å². The molecule has 3 N–H and O–H groups in total. The Morgan fingerprint density at radius 3 is 2.86 bits per heavy atom. The maximum absolute atomic E-state index is 12.4. The van der Waals surface area contributed by atoms with Gasteiger partial charge in [-0.25, -0.2) is 0 Å². The van der Waals surface area contributed by atoms with E-state index in [1.54, 1.807) is 24.3 Å². The van der Waals surface area contributed by atoms with Crippen LogP contribution in [0.5, 0.6) is 0 Å². The number of rotatable bonds is 9. The summed E-state index contributed by atoms with van der Waals surface area (Å²) in [5.41, 5.74) is 1.00. The molecule has 154 valence electrons. The molecular formula is C19H23N5O3S2. The molecule has 2 fully saturated rings. The molecule has 1 unspecified atom stereocenters. The molecule has 2 aromatic rings. The molecule has 2 aliphatic rings. The van der Waals surface area contributed by atoms with Crippen LogP contribution in [0.3, 0.4) is 0 Å². The topological polar surface area (TPSA) is 105 Å². The molecule has 0 bridgehead atoms. The highest BCUT2D eigenvalue weighted by molar-refractivity contribution is 8.01. The van der Waals surface area contributed by atoms with Gasteiger partial charge in [0, 0.05) is 19.2 Å². The monoisotopic (exact) mass is 433 g/mol. The van der Waals surface area contributed by atoms with Crippen molar-refractivity contribution >= 4 is 45.7 Å². The Hall–Kier alpha value is -2.17. The lowest BCUT2D eigenvalue weighted by atomic mass is 10.1. The molecular weight excluding hydrogens is 410 g/mol. The molecule has 1 aromatic heterocycles. The standard InChI is InChI=1S/C19H23N5O3S2/c25-16(22-15-6-2-1-5-14(15)17(26)21-12-7-8-12)11-28-19-24-23-18(29-19)20-10-13-4-3-9-27-13/h1-2,5-6,12-13H,3-4,7-11H2,(H,20,23)(H,21,26)(H,22,25). The zero-order valence-corrected chi connectivity index (χ0v) is 17.5. The number of ether oxygens (including phenoxy) is 1. The van der Waals surface area contributed by atoms with Crippen LogP contribution in [-0.4, -0.2) is 53.1 Å². The summed E-state index contributed by atoms with van der Waals surface area (Å²) in [5.74, 6) is -0.147. The Morgan fingerprint density at radius 2 is 2.07 bits per heavy atom. The van der Waals surface area contributed by atoms with Crippen molar-refractivity contribution in [1.82, 2.24) is 15.5 Å². The Morgan fingerprint density at radius 1 is 1.21 bits per heavy atom. The fourth-order valence-electron chi connectivity index (χ4n) is 2.94. The predicted octanol–water partition coefficient (Wildman–Crippen LogP) is 2.75. The summed E-state index contributed by atoms with van der Waals surface area (Å²) >= 11 is 2.74. The minimum atomic E-state index is -0.189. The van der Waals surface area contributed by atoms with Gasteiger partial charge in [-0.3, -0.25) is 9.59 Å². The van der Waals surface area contributed by atoms with Crippen LogP contribution in [0, 0.1) is 0 Å². The molecule has 1 aliphatic carbocycles. The van der Waals surface area contributed by atoms with Gasteiger partial charge in [0.2, 0.25) is 11.0 Å². The van der Waals surface area contributed by atoms with Crippen LogP contribution in [0.1, 0.15) is 36.0 Å². The lowest BCUT2D eigenvalue weighted by Crippen LogP contribution is -2.27. The van der Waals surface area contributed by atoms with Crippen LogP contribution in [0.15, 0.2) is 28.6 Å². The van der Waals surface area contributed by atoms with Gasteiger partial charge in [-0.2, -0.15) is 0 Å². The van der Waals surface area contributed by atoms with Crippen molar-refractivity contribution in [1.29, 1.82) is 0 Å². The fourth-order valence-corrected chi connectivity index (χ4v) is 4.50. The molecule has 4 rings (SSSR count). The van der Waals surface area contributed by atoms with E-state index in [4.69, 9.17) is 4.74 Å². The number of anilines is 2. The SMILES string of the molecule is O=C(CSc1nnc(NCC2CCCO2)s1)Nc1ccccc1C(=O)NC1CC1. The van der Waals surface area contributed by atoms with E-state index >= 15 is 0 Å². The second-order valence-electron chi connectivity index (χ2n) is 7.02. The van der Waals surface area contributed by atoms with Crippen molar-refractivity contribution in [3.63, 3.8) is 0 Å². The number of thioether (sulfide) groups is 1. The van der Waals surface area contributed by atoms with Gasteiger partial charge >= 0.3 is 0 Å². The van der Waals surface area contributed by atoms with Gasteiger partial charge < -0.3 is 20.7 Å². The van der Waals surface area contributed by atoms with Crippen LogP contribution in [0.4, 0.5) is 10.8 Å². The quantitative estimate of drug-likeness (QED) is 0.522. The molecule has 10 heteroatoms. The van der Waals surface area contributed by atoms with Gasteiger partial charge in [-0.15, -0.1) is 10.2 Å². The first-order valence-corrected chi connectivity index (χ1v) is 11.5. The summed E-state index contributed by atoms with van der Waals surface area (Å²) in [7, 11) is 0. The fraction of sp³-hybridized carbons (Fsp3) is 0.474. The molecule has 29 heavy (non-hydrogen) atoms. The van der Waals surface area contributed by atoms with Crippen LogP contribution in [-0.2, 0) is 9.53 Å². The van der Waals surface area contributed by atoms with E-state index in [-0.39, 0.29) is 29.7 Å². The average Bonchev–Trinajstić information content (AvgIpc) is 3.19. The van der Waals surface area contributed by atoms with Crippen molar-refractivity contribution in [2.24, 2.45) is 0 Å². The van der Waals surface area contributed by atoms with Crippen molar-refractivity contribution in [3.8, 4) is 0 Å². The Bertz CT molecular complexity index is 865. The van der Waals surface area contributed by atoms with E-state index in [0.29, 0.717) is 11.3 Å². The lowest BCUT2D eigenvalue weighted by Gasteiger charge is -2.10. The maximum atomic E-state index is 12.4. The molecule has 1 aliphatic heterocycles. The van der Waals surface area contributed by atoms with Gasteiger partial charge in [0.15, 0.2) is 4.34 Å². The van der Waals surface area contributed by atoms with Gasteiger partial charge in [-0.05, 0) is 37.8 Å². The second-order valence-corrected chi connectivity index (χ2v) is 9.22. The number of carbonyl (C=O) groups excluding carboxylic acids is 2. The number of nitrogens with zero attached hydrogens (tertiary/aromatic N) is 2. The lowest BCUT2D eigenvalue weighted by molar-refractivity contribution is -0.113. The van der Waals surface area contributed by atoms with Crippen LogP contribution in [0.2, 0.25) is 0 Å². The molecule has 1 saturated heterocycles. The van der Waals surface area contributed by atoms with E-state index in [0.717, 1.165) is 48.3 Å². The zero-order valence-electron chi connectivity index (χ0n) is 15.8. The van der Waals surface area contributed by atoms with E-state index in [1.807, 2.05) is 0 Å². The predicted molar refractivity (Wildman–Crippen MR) is 114 cm³/mol. The van der Waals surface area contributed by atoms with E-state index in [2.05, 4.69) is 26.1 Å². The number of para-hydroxylation sites is 1.